The van der Waals surface area contributed by atoms with Crippen LogP contribution in [0.2, 0.25) is 0 Å². The first kappa shape index (κ1) is 19.6. The van der Waals surface area contributed by atoms with Gasteiger partial charge in [0.05, 0.1) is 0 Å². The first-order valence-electron chi connectivity index (χ1n) is 9.32. The summed E-state index contributed by atoms with van der Waals surface area (Å²) in [5, 5.41) is 6.48. The summed E-state index contributed by atoms with van der Waals surface area (Å²) in [6.45, 7) is 9.88. The fraction of sp³-hybridized carbons (Fsp3) is 0.318. The van der Waals surface area contributed by atoms with Gasteiger partial charge in [-0.1, -0.05) is 43.7 Å². The number of nitrogens with zero attached hydrogens (tertiary/aromatic N) is 2. The Labute approximate surface area is 164 Å². The minimum Gasteiger partial charge on any atom is -0.481 e. The molecule has 1 N–H and O–H groups in total. The number of nitrogens with one attached hydrogen (secondary N) is 1. The number of aromatic nitrogens is 2. The van der Waals surface area contributed by atoms with Crippen LogP contribution in [0.4, 0.5) is 5.95 Å². The second kappa shape index (κ2) is 8.25. The van der Waals surface area contributed by atoms with Gasteiger partial charge in [0.2, 0.25) is 0 Å². The molecule has 0 spiro atoms. The number of aryl methyl sites for hydroxylation is 2. The van der Waals surface area contributed by atoms with Crippen molar-refractivity contribution in [3.8, 4) is 17.2 Å². The highest BCUT2D eigenvalue weighted by molar-refractivity contribution is 5.92. The van der Waals surface area contributed by atoms with Crippen LogP contribution in [-0.2, 0) is 4.79 Å². The SMILES string of the molecule is Cc1ccc(-c2nc(NC(=O)[C@H](C)Oc3cc(C)ccc3C(C)C)no2)cc1. The standard InChI is InChI=1S/C22H25N3O3/c1-13(2)18-11-8-15(4)12-19(18)27-16(5)20(26)23-22-24-21(28-25-22)17-9-6-14(3)7-10-17/h6-13,16H,1-5H3,(H,23,25,26)/t16-/m0/s1. The molecule has 6 nitrogen and oxygen atoms in total. The lowest BCUT2D eigenvalue weighted by molar-refractivity contribution is -0.122. The van der Waals surface area contributed by atoms with E-state index in [-0.39, 0.29) is 11.9 Å². The maximum atomic E-state index is 12.5. The van der Waals surface area contributed by atoms with E-state index in [1.54, 1.807) is 6.92 Å². The van der Waals surface area contributed by atoms with Crippen molar-refractivity contribution in [2.45, 2.75) is 46.6 Å². The molecule has 3 aromatic rings. The number of anilines is 1. The molecular formula is C22H25N3O3. The van der Waals surface area contributed by atoms with E-state index >= 15 is 0 Å². The van der Waals surface area contributed by atoms with Crippen molar-refractivity contribution in [1.29, 1.82) is 0 Å². The lowest BCUT2D eigenvalue weighted by Gasteiger charge is -2.18. The molecule has 0 aliphatic carbocycles. The summed E-state index contributed by atoms with van der Waals surface area (Å²) in [4.78, 5) is 16.7. The molecule has 1 amide bonds. The summed E-state index contributed by atoms with van der Waals surface area (Å²) >= 11 is 0. The number of carbonyl (C=O) groups is 1. The molecule has 1 atom stereocenters. The van der Waals surface area contributed by atoms with Crippen molar-refractivity contribution in [2.24, 2.45) is 0 Å². The summed E-state index contributed by atoms with van der Waals surface area (Å²) < 4.78 is 11.2. The number of ether oxygens (including phenoxy) is 1. The predicted molar refractivity (Wildman–Crippen MR) is 108 cm³/mol. The fourth-order valence-electron chi connectivity index (χ4n) is 2.76. The quantitative estimate of drug-likeness (QED) is 0.660. The van der Waals surface area contributed by atoms with Crippen molar-refractivity contribution in [3.63, 3.8) is 0 Å². The van der Waals surface area contributed by atoms with E-state index in [4.69, 9.17) is 9.26 Å². The summed E-state index contributed by atoms with van der Waals surface area (Å²) in [5.41, 5.74) is 4.07. The molecule has 0 bridgehead atoms. The Kier molecular flexibility index (Phi) is 5.78. The van der Waals surface area contributed by atoms with Crippen LogP contribution in [0.1, 0.15) is 43.4 Å². The van der Waals surface area contributed by atoms with E-state index in [2.05, 4.69) is 29.3 Å². The van der Waals surface area contributed by atoms with Gasteiger partial charge in [0.25, 0.3) is 17.7 Å². The van der Waals surface area contributed by atoms with Gasteiger partial charge in [0, 0.05) is 5.56 Å². The van der Waals surface area contributed by atoms with Gasteiger partial charge >= 0.3 is 0 Å². The van der Waals surface area contributed by atoms with E-state index in [0.29, 0.717) is 17.6 Å². The van der Waals surface area contributed by atoms with Gasteiger partial charge < -0.3 is 9.26 Å². The van der Waals surface area contributed by atoms with E-state index in [1.165, 1.54) is 0 Å². The van der Waals surface area contributed by atoms with Gasteiger partial charge in [-0.15, -0.1) is 0 Å². The molecule has 0 saturated carbocycles. The average Bonchev–Trinajstić information content (AvgIpc) is 3.10. The number of rotatable bonds is 6. The van der Waals surface area contributed by atoms with E-state index in [0.717, 1.165) is 22.3 Å². The molecule has 0 fully saturated rings. The molecule has 146 valence electrons. The third kappa shape index (κ3) is 4.57. The third-order valence-electron chi connectivity index (χ3n) is 4.42. The van der Waals surface area contributed by atoms with Gasteiger partial charge in [0.15, 0.2) is 6.10 Å². The Hall–Kier alpha value is -3.15. The molecule has 28 heavy (non-hydrogen) atoms. The van der Waals surface area contributed by atoms with Crippen molar-refractivity contribution < 1.29 is 14.1 Å². The fourth-order valence-corrected chi connectivity index (χ4v) is 2.76. The summed E-state index contributed by atoms with van der Waals surface area (Å²) in [6, 6.07) is 13.7. The minimum absolute atomic E-state index is 0.115. The molecule has 0 radical (unpaired) electrons. The normalized spacial score (nSPS) is 12.1. The maximum Gasteiger partial charge on any atom is 0.270 e. The number of carbonyl (C=O) groups excluding carboxylic acids is 1. The van der Waals surface area contributed by atoms with Crippen LogP contribution in [0, 0.1) is 13.8 Å². The van der Waals surface area contributed by atoms with Crippen LogP contribution in [-0.4, -0.2) is 22.2 Å². The van der Waals surface area contributed by atoms with Gasteiger partial charge in [-0.25, -0.2) is 0 Å². The molecular weight excluding hydrogens is 354 g/mol. The Morgan fingerprint density at radius 1 is 1.04 bits per heavy atom. The van der Waals surface area contributed by atoms with Crippen molar-refractivity contribution in [1.82, 2.24) is 10.1 Å². The van der Waals surface area contributed by atoms with Crippen molar-refractivity contribution in [2.75, 3.05) is 5.32 Å². The van der Waals surface area contributed by atoms with Gasteiger partial charge in [-0.3, -0.25) is 10.1 Å². The Morgan fingerprint density at radius 2 is 1.71 bits per heavy atom. The second-order valence-corrected chi connectivity index (χ2v) is 7.23. The molecule has 0 aliphatic rings. The average molecular weight is 379 g/mol. The first-order valence-corrected chi connectivity index (χ1v) is 9.32. The van der Waals surface area contributed by atoms with Crippen LogP contribution >= 0.6 is 0 Å². The summed E-state index contributed by atoms with van der Waals surface area (Å²) in [5.74, 6) is 1.13. The van der Waals surface area contributed by atoms with Gasteiger partial charge in [-0.05, 0) is 61.2 Å². The minimum atomic E-state index is -0.708. The zero-order valence-corrected chi connectivity index (χ0v) is 16.8. The topological polar surface area (TPSA) is 77.2 Å². The molecule has 1 aromatic heterocycles. The Morgan fingerprint density at radius 3 is 2.39 bits per heavy atom. The highest BCUT2D eigenvalue weighted by Gasteiger charge is 2.20. The van der Waals surface area contributed by atoms with Gasteiger partial charge in [-0.2, -0.15) is 4.98 Å². The van der Waals surface area contributed by atoms with Crippen LogP contribution < -0.4 is 10.1 Å². The smallest absolute Gasteiger partial charge is 0.270 e. The molecule has 0 aliphatic heterocycles. The number of hydrogen-bond donors (Lipinski definition) is 1. The first-order chi connectivity index (χ1) is 13.3. The Bertz CT molecular complexity index is 961. The van der Waals surface area contributed by atoms with Crippen molar-refractivity contribution in [3.05, 3.63) is 59.2 Å². The number of amides is 1. The Balaban J connectivity index is 1.68. The van der Waals surface area contributed by atoms with Crippen LogP contribution in [0.15, 0.2) is 47.0 Å². The predicted octanol–water partition coefficient (Wildman–Crippen LogP) is 4.88. The molecule has 0 saturated heterocycles. The highest BCUT2D eigenvalue weighted by Crippen LogP contribution is 2.28. The van der Waals surface area contributed by atoms with Crippen LogP contribution in [0.3, 0.4) is 0 Å². The number of hydrogen-bond acceptors (Lipinski definition) is 5. The molecule has 2 aromatic carbocycles. The van der Waals surface area contributed by atoms with Crippen molar-refractivity contribution >= 4 is 11.9 Å². The lowest BCUT2D eigenvalue weighted by Crippen LogP contribution is -2.30. The maximum absolute atomic E-state index is 12.5. The molecule has 1 heterocycles. The van der Waals surface area contributed by atoms with E-state index < -0.39 is 6.10 Å². The highest BCUT2D eigenvalue weighted by atomic mass is 16.5. The summed E-state index contributed by atoms with van der Waals surface area (Å²) in [6.07, 6.45) is -0.708. The molecule has 0 unspecified atom stereocenters. The van der Waals surface area contributed by atoms with E-state index in [9.17, 15) is 4.79 Å². The molecule has 3 rings (SSSR count). The zero-order valence-electron chi connectivity index (χ0n) is 16.8. The van der Waals surface area contributed by atoms with Crippen LogP contribution in [0.5, 0.6) is 5.75 Å². The largest absolute Gasteiger partial charge is 0.481 e. The summed E-state index contributed by atoms with van der Waals surface area (Å²) in [7, 11) is 0. The second-order valence-electron chi connectivity index (χ2n) is 7.23. The number of benzene rings is 2. The zero-order chi connectivity index (χ0) is 20.3. The molecule has 6 heteroatoms. The van der Waals surface area contributed by atoms with Crippen LogP contribution in [0.25, 0.3) is 11.5 Å². The van der Waals surface area contributed by atoms with E-state index in [1.807, 2.05) is 56.3 Å². The van der Waals surface area contributed by atoms with Gasteiger partial charge in [0.1, 0.15) is 5.75 Å². The monoisotopic (exact) mass is 379 g/mol. The third-order valence-corrected chi connectivity index (χ3v) is 4.42. The lowest BCUT2D eigenvalue weighted by atomic mass is 10.0.